The first kappa shape index (κ1) is 17.9. The van der Waals surface area contributed by atoms with Crippen LogP contribution in [-0.2, 0) is 6.42 Å². The minimum Gasteiger partial charge on any atom is -0.338 e. The molecule has 2 aromatic heterocycles. The van der Waals surface area contributed by atoms with Gasteiger partial charge in [0.25, 0.3) is 0 Å². The number of hydrogen-bond donors (Lipinski definition) is 2. The topological polar surface area (TPSA) is 75.6 Å². The fourth-order valence-electron chi connectivity index (χ4n) is 3.86. The Morgan fingerprint density at radius 1 is 1.21 bits per heavy atom. The molecule has 0 radical (unpaired) electrons. The first-order chi connectivity index (χ1) is 14.0. The van der Waals surface area contributed by atoms with E-state index in [1.807, 2.05) is 49.4 Å². The average molecular weight is 406 g/mol. The molecule has 1 atom stereocenters. The lowest BCUT2D eigenvalue weighted by molar-refractivity contribution is 0.0953. The summed E-state index contributed by atoms with van der Waals surface area (Å²) < 4.78 is 1.76. The number of halogens is 1. The Balaban J connectivity index is 1.64. The van der Waals surface area contributed by atoms with Gasteiger partial charge < -0.3 is 10.3 Å². The number of benzene rings is 2. The zero-order chi connectivity index (χ0) is 20.1. The van der Waals surface area contributed by atoms with Crippen molar-refractivity contribution in [2.24, 2.45) is 5.92 Å². The highest BCUT2D eigenvalue weighted by Gasteiger charge is 2.31. The summed E-state index contributed by atoms with van der Waals surface area (Å²) in [7, 11) is 0. The minimum absolute atomic E-state index is 0.0989. The van der Waals surface area contributed by atoms with Crippen LogP contribution < -0.4 is 5.32 Å². The molecule has 7 heteroatoms. The van der Waals surface area contributed by atoms with E-state index in [9.17, 15) is 4.79 Å². The summed E-state index contributed by atoms with van der Waals surface area (Å²) in [4.78, 5) is 20.9. The third kappa shape index (κ3) is 3.09. The maximum absolute atomic E-state index is 12.9. The van der Waals surface area contributed by atoms with E-state index in [1.54, 1.807) is 4.68 Å². The van der Waals surface area contributed by atoms with Crippen LogP contribution in [0.25, 0.3) is 17.0 Å². The Morgan fingerprint density at radius 3 is 2.83 bits per heavy atom. The van der Waals surface area contributed by atoms with Crippen LogP contribution in [0.4, 0.5) is 11.5 Å². The predicted molar refractivity (Wildman–Crippen MR) is 115 cm³/mol. The summed E-state index contributed by atoms with van der Waals surface area (Å²) >= 11 is 6.27. The molecule has 0 fully saturated rings. The van der Waals surface area contributed by atoms with Gasteiger partial charge in [-0.1, -0.05) is 36.7 Å². The Hall–Kier alpha value is -3.12. The van der Waals surface area contributed by atoms with Crippen LogP contribution in [0.1, 0.15) is 35.0 Å². The van der Waals surface area contributed by atoms with Gasteiger partial charge in [0.2, 0.25) is 5.95 Å². The molecular formula is C22H20ClN5O. The lowest BCUT2D eigenvalue weighted by atomic mass is 9.88. The zero-order valence-electron chi connectivity index (χ0n) is 16.2. The van der Waals surface area contributed by atoms with Crippen molar-refractivity contribution >= 4 is 39.9 Å². The number of hydrogen-bond acceptors (Lipinski definition) is 4. The molecule has 0 bridgehead atoms. The minimum atomic E-state index is 0.0989. The molecule has 2 aromatic carbocycles. The van der Waals surface area contributed by atoms with Crippen molar-refractivity contribution in [3.63, 3.8) is 0 Å². The molecule has 4 aromatic rings. The maximum Gasteiger partial charge on any atom is 0.229 e. The lowest BCUT2D eigenvalue weighted by Crippen LogP contribution is -2.20. The molecule has 1 aliphatic carbocycles. The molecule has 0 aliphatic heterocycles. The second-order valence-corrected chi connectivity index (χ2v) is 8.09. The fraction of sp³-hybridized carbons (Fsp3) is 0.227. The first-order valence-electron chi connectivity index (χ1n) is 9.63. The Labute approximate surface area is 172 Å². The third-order valence-corrected chi connectivity index (χ3v) is 5.75. The van der Waals surface area contributed by atoms with E-state index in [4.69, 9.17) is 16.7 Å². The van der Waals surface area contributed by atoms with Crippen LogP contribution in [0.15, 0.2) is 42.5 Å². The number of fused-ring (bicyclic) bond motifs is 2. The van der Waals surface area contributed by atoms with Gasteiger partial charge in [-0.05, 0) is 49.1 Å². The van der Waals surface area contributed by atoms with Gasteiger partial charge in [0.05, 0.1) is 22.3 Å². The number of carbonyl (C=O) groups excluding carboxylic acids is 1. The van der Waals surface area contributed by atoms with Crippen LogP contribution in [0, 0.1) is 12.8 Å². The summed E-state index contributed by atoms with van der Waals surface area (Å²) in [5, 5.41) is 8.70. The summed E-state index contributed by atoms with van der Waals surface area (Å²) in [5.74, 6) is 1.51. The number of aromatic amines is 1. The van der Waals surface area contributed by atoms with E-state index in [0.717, 1.165) is 34.4 Å². The van der Waals surface area contributed by atoms with E-state index < -0.39 is 0 Å². The number of nitrogens with one attached hydrogen (secondary N) is 2. The van der Waals surface area contributed by atoms with Gasteiger partial charge in [0.1, 0.15) is 0 Å². The quantitative estimate of drug-likeness (QED) is 0.490. The molecule has 0 saturated heterocycles. The van der Waals surface area contributed by atoms with Crippen LogP contribution in [0.5, 0.6) is 0 Å². The molecule has 0 spiro atoms. The second-order valence-electron chi connectivity index (χ2n) is 7.69. The molecule has 5 rings (SSSR count). The van der Waals surface area contributed by atoms with Crippen LogP contribution >= 0.6 is 11.6 Å². The smallest absolute Gasteiger partial charge is 0.229 e. The highest BCUT2D eigenvalue weighted by Crippen LogP contribution is 2.34. The number of aromatic nitrogens is 4. The predicted octanol–water partition coefficient (Wildman–Crippen LogP) is 5.22. The van der Waals surface area contributed by atoms with Crippen molar-refractivity contribution in [1.82, 2.24) is 19.7 Å². The van der Waals surface area contributed by atoms with Gasteiger partial charge in [-0.15, -0.1) is 5.10 Å². The Kier molecular flexibility index (Phi) is 4.17. The monoisotopic (exact) mass is 405 g/mol. The van der Waals surface area contributed by atoms with Crippen LogP contribution in [0.3, 0.4) is 0 Å². The molecule has 1 unspecified atom stereocenters. The Bertz CT molecular complexity index is 1220. The van der Waals surface area contributed by atoms with Crippen molar-refractivity contribution in [3.05, 3.63) is 64.3 Å². The van der Waals surface area contributed by atoms with Crippen LogP contribution in [0.2, 0.25) is 5.02 Å². The first-order valence-corrected chi connectivity index (χ1v) is 10.0. The van der Waals surface area contributed by atoms with Gasteiger partial charge in [-0.3, -0.25) is 4.79 Å². The molecule has 146 valence electrons. The number of carbonyl (C=O) groups is 1. The van der Waals surface area contributed by atoms with E-state index in [0.29, 0.717) is 28.8 Å². The van der Waals surface area contributed by atoms with Gasteiger partial charge in [0.15, 0.2) is 11.6 Å². The largest absolute Gasteiger partial charge is 0.338 e. The molecule has 0 amide bonds. The van der Waals surface area contributed by atoms with Crippen LogP contribution in [-0.4, -0.2) is 25.5 Å². The van der Waals surface area contributed by atoms with Gasteiger partial charge in [-0.2, -0.15) is 0 Å². The number of Topliss-reactive ketones (excluding diaryl/α,β-unsaturated/α-hetero) is 1. The molecule has 0 saturated carbocycles. The third-order valence-electron chi connectivity index (χ3n) is 5.35. The summed E-state index contributed by atoms with van der Waals surface area (Å²) in [6, 6.07) is 13.6. The summed E-state index contributed by atoms with van der Waals surface area (Å²) in [6.45, 7) is 4.04. The number of imidazole rings is 1. The number of nitrogens with zero attached hydrogens (tertiary/aromatic N) is 3. The number of H-pyrrole nitrogens is 1. The average Bonchev–Trinajstić information content (AvgIpc) is 3.26. The zero-order valence-corrected chi connectivity index (χ0v) is 16.9. The second kappa shape index (κ2) is 6.74. The summed E-state index contributed by atoms with van der Waals surface area (Å²) in [5.41, 5.74) is 5.11. The SMILES string of the molecule is Cc1ccc(Nc2nn(-c3nc4ccccc4[nH]3)c3c2C(=O)CC(C)C3)cc1Cl. The van der Waals surface area contributed by atoms with Crippen molar-refractivity contribution in [1.29, 1.82) is 0 Å². The number of aryl methyl sites for hydroxylation is 1. The molecule has 29 heavy (non-hydrogen) atoms. The fourth-order valence-corrected chi connectivity index (χ4v) is 4.05. The van der Waals surface area contributed by atoms with E-state index >= 15 is 0 Å². The highest BCUT2D eigenvalue weighted by molar-refractivity contribution is 6.31. The molecule has 2 N–H and O–H groups in total. The number of anilines is 2. The Morgan fingerprint density at radius 2 is 2.03 bits per heavy atom. The van der Waals surface area contributed by atoms with Crippen molar-refractivity contribution in [2.45, 2.75) is 26.7 Å². The van der Waals surface area contributed by atoms with Gasteiger partial charge >= 0.3 is 0 Å². The normalized spacial score (nSPS) is 16.2. The highest BCUT2D eigenvalue weighted by atomic mass is 35.5. The lowest BCUT2D eigenvalue weighted by Gasteiger charge is -2.18. The van der Waals surface area contributed by atoms with Gasteiger partial charge in [0, 0.05) is 17.1 Å². The molecule has 1 aliphatic rings. The standard InChI is InChI=1S/C22H20ClN5O/c1-12-9-18-20(19(29)10-12)21(24-14-8-7-13(2)15(23)11-14)27-28(18)22-25-16-5-3-4-6-17(16)26-22/h3-8,11-12H,9-10H2,1-2H3,(H,24,27)(H,25,26). The van der Waals surface area contributed by atoms with Crippen molar-refractivity contribution < 1.29 is 4.79 Å². The maximum atomic E-state index is 12.9. The number of ketones is 1. The summed E-state index contributed by atoms with van der Waals surface area (Å²) in [6.07, 6.45) is 1.28. The van der Waals surface area contributed by atoms with Crippen molar-refractivity contribution in [2.75, 3.05) is 5.32 Å². The van der Waals surface area contributed by atoms with E-state index in [1.165, 1.54) is 0 Å². The van der Waals surface area contributed by atoms with Gasteiger partial charge in [-0.25, -0.2) is 9.67 Å². The van der Waals surface area contributed by atoms with Crippen molar-refractivity contribution in [3.8, 4) is 5.95 Å². The molecular weight excluding hydrogens is 386 g/mol. The number of para-hydroxylation sites is 2. The molecule has 2 heterocycles. The number of rotatable bonds is 3. The molecule has 6 nitrogen and oxygen atoms in total. The van der Waals surface area contributed by atoms with E-state index in [2.05, 4.69) is 22.2 Å². The van der Waals surface area contributed by atoms with E-state index in [-0.39, 0.29) is 11.7 Å².